The standard InChI is InChI=1S/C16H16N2O3S/c1-21-12-8-6-11(7-9-12)18-16(20)13-4-2-3-5-14(13)22-10-15(17)19/h2-9H,10H2,1H3,(H2,17,19)(H,18,20). The second-order valence-corrected chi connectivity index (χ2v) is 5.45. The van der Waals surface area contributed by atoms with Gasteiger partial charge in [0, 0.05) is 10.6 Å². The first-order chi connectivity index (χ1) is 10.6. The van der Waals surface area contributed by atoms with Crippen LogP contribution in [0.2, 0.25) is 0 Å². The molecule has 0 aliphatic rings. The molecule has 0 radical (unpaired) electrons. The van der Waals surface area contributed by atoms with Gasteiger partial charge in [0.25, 0.3) is 5.91 Å². The highest BCUT2D eigenvalue weighted by Gasteiger charge is 2.12. The van der Waals surface area contributed by atoms with Crippen LogP contribution in [0.5, 0.6) is 5.75 Å². The summed E-state index contributed by atoms with van der Waals surface area (Å²) in [6.45, 7) is 0. The Hall–Kier alpha value is -2.47. The minimum absolute atomic E-state index is 0.132. The first kappa shape index (κ1) is 15.9. The maximum absolute atomic E-state index is 12.4. The Bertz CT molecular complexity index is 671. The topological polar surface area (TPSA) is 81.4 Å². The number of methoxy groups -OCH3 is 1. The van der Waals surface area contributed by atoms with Crippen molar-refractivity contribution in [1.82, 2.24) is 0 Å². The Morgan fingerprint density at radius 3 is 2.45 bits per heavy atom. The van der Waals surface area contributed by atoms with Crippen molar-refractivity contribution in [2.75, 3.05) is 18.2 Å². The molecule has 0 unspecified atom stereocenters. The van der Waals surface area contributed by atoms with Crippen molar-refractivity contribution in [1.29, 1.82) is 0 Å². The van der Waals surface area contributed by atoms with Crippen LogP contribution in [0.15, 0.2) is 53.4 Å². The summed E-state index contributed by atoms with van der Waals surface area (Å²) >= 11 is 1.24. The summed E-state index contributed by atoms with van der Waals surface area (Å²) in [5.41, 5.74) is 6.32. The fraction of sp³-hybridized carbons (Fsp3) is 0.125. The lowest BCUT2D eigenvalue weighted by Gasteiger charge is -2.09. The molecule has 2 amide bonds. The molecule has 0 heterocycles. The normalized spacial score (nSPS) is 10.0. The number of nitrogens with one attached hydrogen (secondary N) is 1. The SMILES string of the molecule is COc1ccc(NC(=O)c2ccccc2SCC(N)=O)cc1. The Morgan fingerprint density at radius 1 is 1.14 bits per heavy atom. The lowest BCUT2D eigenvalue weighted by atomic mass is 10.2. The van der Waals surface area contributed by atoms with Crippen LogP contribution in [-0.2, 0) is 4.79 Å². The zero-order valence-electron chi connectivity index (χ0n) is 12.0. The summed E-state index contributed by atoms with van der Waals surface area (Å²) < 4.78 is 5.07. The van der Waals surface area contributed by atoms with Crippen molar-refractivity contribution >= 4 is 29.3 Å². The average molecular weight is 316 g/mol. The van der Waals surface area contributed by atoms with Crippen molar-refractivity contribution in [2.24, 2.45) is 5.73 Å². The largest absolute Gasteiger partial charge is 0.497 e. The van der Waals surface area contributed by atoms with Gasteiger partial charge in [-0.2, -0.15) is 0 Å². The predicted molar refractivity (Wildman–Crippen MR) is 87.3 cm³/mol. The van der Waals surface area contributed by atoms with Crippen molar-refractivity contribution < 1.29 is 14.3 Å². The van der Waals surface area contributed by atoms with E-state index in [0.717, 1.165) is 5.75 Å². The minimum atomic E-state index is -0.421. The fourth-order valence-corrected chi connectivity index (χ4v) is 2.59. The molecule has 6 heteroatoms. The van der Waals surface area contributed by atoms with E-state index in [0.29, 0.717) is 16.1 Å². The molecule has 5 nitrogen and oxygen atoms in total. The summed E-state index contributed by atoms with van der Waals surface area (Å²) in [6, 6.07) is 14.1. The van der Waals surface area contributed by atoms with E-state index in [9.17, 15) is 9.59 Å². The van der Waals surface area contributed by atoms with Gasteiger partial charge >= 0.3 is 0 Å². The Kier molecular flexibility index (Phi) is 5.43. The van der Waals surface area contributed by atoms with Crippen LogP contribution in [-0.4, -0.2) is 24.7 Å². The number of benzene rings is 2. The van der Waals surface area contributed by atoms with Crippen LogP contribution in [0.1, 0.15) is 10.4 Å². The second-order valence-electron chi connectivity index (χ2n) is 4.43. The molecule has 114 valence electrons. The third kappa shape index (κ3) is 4.26. The zero-order chi connectivity index (χ0) is 15.9. The van der Waals surface area contributed by atoms with Gasteiger partial charge in [-0.05, 0) is 36.4 Å². The molecule has 22 heavy (non-hydrogen) atoms. The lowest BCUT2D eigenvalue weighted by Crippen LogP contribution is -2.15. The van der Waals surface area contributed by atoms with E-state index < -0.39 is 5.91 Å². The van der Waals surface area contributed by atoms with E-state index >= 15 is 0 Å². The summed E-state index contributed by atoms with van der Waals surface area (Å²) in [5.74, 6) is 0.191. The number of carbonyl (C=O) groups is 2. The number of carbonyl (C=O) groups excluding carboxylic acids is 2. The number of anilines is 1. The van der Waals surface area contributed by atoms with Crippen molar-refractivity contribution in [2.45, 2.75) is 4.90 Å². The molecule has 3 N–H and O–H groups in total. The van der Waals surface area contributed by atoms with Gasteiger partial charge in [0.15, 0.2) is 0 Å². The van der Waals surface area contributed by atoms with Crippen molar-refractivity contribution in [3.63, 3.8) is 0 Å². The van der Waals surface area contributed by atoms with Gasteiger partial charge in [0.1, 0.15) is 5.75 Å². The average Bonchev–Trinajstić information content (AvgIpc) is 2.54. The number of ether oxygens (including phenoxy) is 1. The van der Waals surface area contributed by atoms with Gasteiger partial charge in [-0.15, -0.1) is 11.8 Å². The third-order valence-electron chi connectivity index (χ3n) is 2.85. The van der Waals surface area contributed by atoms with Gasteiger partial charge in [0.05, 0.1) is 18.4 Å². The van der Waals surface area contributed by atoms with E-state index in [1.165, 1.54) is 11.8 Å². The monoisotopic (exact) mass is 316 g/mol. The number of rotatable bonds is 6. The lowest BCUT2D eigenvalue weighted by molar-refractivity contribution is -0.115. The predicted octanol–water partition coefficient (Wildman–Crippen LogP) is 2.52. The minimum Gasteiger partial charge on any atom is -0.497 e. The summed E-state index contributed by atoms with van der Waals surface area (Å²) in [6.07, 6.45) is 0. The number of primary amides is 1. The van der Waals surface area contributed by atoms with Gasteiger partial charge in [-0.1, -0.05) is 12.1 Å². The number of nitrogens with two attached hydrogens (primary N) is 1. The fourth-order valence-electron chi connectivity index (χ4n) is 1.80. The number of amides is 2. The molecule has 2 rings (SSSR count). The summed E-state index contributed by atoms with van der Waals surface area (Å²) in [4.78, 5) is 24.0. The highest BCUT2D eigenvalue weighted by Crippen LogP contribution is 2.23. The molecular formula is C16H16N2O3S. The molecule has 0 atom stereocenters. The molecule has 0 aliphatic heterocycles. The van der Waals surface area contributed by atoms with Gasteiger partial charge in [-0.3, -0.25) is 9.59 Å². The molecule has 2 aromatic carbocycles. The van der Waals surface area contributed by atoms with E-state index in [-0.39, 0.29) is 11.7 Å². The quantitative estimate of drug-likeness (QED) is 0.802. The van der Waals surface area contributed by atoms with Gasteiger partial charge < -0.3 is 15.8 Å². The molecule has 0 aromatic heterocycles. The Balaban J connectivity index is 2.12. The van der Waals surface area contributed by atoms with E-state index in [4.69, 9.17) is 10.5 Å². The number of hydrogen-bond acceptors (Lipinski definition) is 4. The van der Waals surface area contributed by atoms with Crippen molar-refractivity contribution in [3.8, 4) is 5.75 Å². The zero-order valence-corrected chi connectivity index (χ0v) is 12.9. The number of thioether (sulfide) groups is 1. The first-order valence-electron chi connectivity index (χ1n) is 6.55. The van der Waals surface area contributed by atoms with Gasteiger partial charge in [0.2, 0.25) is 5.91 Å². The maximum atomic E-state index is 12.4. The summed E-state index contributed by atoms with van der Waals surface area (Å²) in [7, 11) is 1.58. The van der Waals surface area contributed by atoms with Gasteiger partial charge in [-0.25, -0.2) is 0 Å². The van der Waals surface area contributed by atoms with Crippen LogP contribution >= 0.6 is 11.8 Å². The maximum Gasteiger partial charge on any atom is 0.256 e. The Labute approximate surface area is 132 Å². The molecule has 0 saturated carbocycles. The molecular weight excluding hydrogens is 300 g/mol. The third-order valence-corrected chi connectivity index (χ3v) is 3.95. The smallest absolute Gasteiger partial charge is 0.256 e. The molecule has 0 spiro atoms. The van der Waals surface area contributed by atoms with E-state index in [1.807, 2.05) is 6.07 Å². The van der Waals surface area contributed by atoms with Crippen LogP contribution in [0, 0.1) is 0 Å². The first-order valence-corrected chi connectivity index (χ1v) is 7.54. The molecule has 0 aliphatic carbocycles. The van der Waals surface area contributed by atoms with E-state index in [2.05, 4.69) is 5.32 Å². The van der Waals surface area contributed by atoms with Crippen LogP contribution < -0.4 is 15.8 Å². The summed E-state index contributed by atoms with van der Waals surface area (Å²) in [5, 5.41) is 2.81. The Morgan fingerprint density at radius 2 is 1.82 bits per heavy atom. The molecule has 0 fully saturated rings. The second kappa shape index (κ2) is 7.51. The van der Waals surface area contributed by atoms with Crippen LogP contribution in [0.4, 0.5) is 5.69 Å². The highest BCUT2D eigenvalue weighted by molar-refractivity contribution is 8.00. The highest BCUT2D eigenvalue weighted by atomic mass is 32.2. The molecule has 0 bridgehead atoms. The molecule has 2 aromatic rings. The molecule has 0 saturated heterocycles. The van der Waals surface area contributed by atoms with Crippen LogP contribution in [0.25, 0.3) is 0 Å². The number of hydrogen-bond donors (Lipinski definition) is 2. The van der Waals surface area contributed by atoms with Crippen LogP contribution in [0.3, 0.4) is 0 Å². The van der Waals surface area contributed by atoms with E-state index in [1.54, 1.807) is 49.6 Å². The van der Waals surface area contributed by atoms with Crippen molar-refractivity contribution in [3.05, 3.63) is 54.1 Å².